The summed E-state index contributed by atoms with van der Waals surface area (Å²) in [6, 6.07) is 18.0. The van der Waals surface area contributed by atoms with E-state index in [1.165, 1.54) is 10.4 Å². The summed E-state index contributed by atoms with van der Waals surface area (Å²) in [5, 5.41) is 15.2. The number of nitrogens with one attached hydrogen (secondary N) is 1. The van der Waals surface area contributed by atoms with Gasteiger partial charge in [0.05, 0.1) is 0 Å². The molecule has 0 saturated heterocycles. The topological polar surface area (TPSA) is 72.7 Å². The first-order chi connectivity index (χ1) is 12.6. The molecule has 2 aromatic carbocycles. The van der Waals surface area contributed by atoms with Crippen LogP contribution < -0.4 is 5.32 Å². The molecule has 1 amide bonds. The molecule has 7 heteroatoms. The minimum atomic E-state index is -0.120. The van der Waals surface area contributed by atoms with E-state index >= 15 is 0 Å². The van der Waals surface area contributed by atoms with E-state index in [1.54, 1.807) is 0 Å². The number of hydrogen-bond acceptors (Lipinski definition) is 4. The Kier molecular flexibility index (Phi) is 6.12. The molecule has 0 radical (unpaired) electrons. The molecule has 3 aromatic rings. The van der Waals surface area contributed by atoms with E-state index in [0.717, 1.165) is 22.9 Å². The Labute approximate surface area is 160 Å². The number of benzene rings is 2. The van der Waals surface area contributed by atoms with Gasteiger partial charge in [-0.15, -0.1) is 10.2 Å². The first-order valence-electron chi connectivity index (χ1n) is 8.47. The second-order valence-corrected chi connectivity index (χ2v) is 7.06. The van der Waals surface area contributed by atoms with E-state index in [0.29, 0.717) is 5.82 Å². The van der Waals surface area contributed by atoms with Crippen LogP contribution in [0.25, 0.3) is 11.4 Å². The summed E-state index contributed by atoms with van der Waals surface area (Å²) in [6.45, 7) is 2.06. The quantitative estimate of drug-likeness (QED) is 0.644. The van der Waals surface area contributed by atoms with E-state index in [-0.39, 0.29) is 18.5 Å². The van der Waals surface area contributed by atoms with E-state index in [4.69, 9.17) is 0 Å². The highest BCUT2D eigenvalue weighted by Gasteiger charge is 2.11. The molecule has 1 N–H and O–H groups in total. The summed E-state index contributed by atoms with van der Waals surface area (Å²) < 4.78 is 0.984. The molecule has 1 heterocycles. The third kappa shape index (κ3) is 5.23. The van der Waals surface area contributed by atoms with Crippen LogP contribution >= 0.6 is 15.9 Å². The number of aromatic nitrogens is 4. The van der Waals surface area contributed by atoms with Crippen molar-refractivity contribution in [2.24, 2.45) is 0 Å². The lowest BCUT2D eigenvalue weighted by molar-refractivity contribution is -0.122. The van der Waals surface area contributed by atoms with Gasteiger partial charge in [0.2, 0.25) is 11.7 Å². The molecule has 0 bridgehead atoms. The largest absolute Gasteiger partial charge is 0.352 e. The van der Waals surface area contributed by atoms with Crippen molar-refractivity contribution in [1.29, 1.82) is 0 Å². The van der Waals surface area contributed by atoms with Gasteiger partial charge in [-0.3, -0.25) is 4.79 Å². The van der Waals surface area contributed by atoms with E-state index in [9.17, 15) is 4.79 Å². The van der Waals surface area contributed by atoms with Crippen LogP contribution in [0.5, 0.6) is 0 Å². The van der Waals surface area contributed by atoms with Gasteiger partial charge in [0, 0.05) is 16.1 Å². The lowest BCUT2D eigenvalue weighted by atomic mass is 10.1. The summed E-state index contributed by atoms with van der Waals surface area (Å²) in [5.74, 6) is 0.382. The lowest BCUT2D eigenvalue weighted by Crippen LogP contribution is -2.35. The first-order valence-corrected chi connectivity index (χ1v) is 9.26. The molecule has 3 rings (SSSR count). The van der Waals surface area contributed by atoms with Crippen LogP contribution in [0.15, 0.2) is 59.1 Å². The Hall–Kier alpha value is -2.54. The fourth-order valence-electron chi connectivity index (χ4n) is 2.57. The average molecular weight is 414 g/mol. The molecular weight excluding hydrogens is 394 g/mol. The van der Waals surface area contributed by atoms with Crippen molar-refractivity contribution in [1.82, 2.24) is 25.5 Å². The highest BCUT2D eigenvalue weighted by molar-refractivity contribution is 9.10. The molecule has 0 aliphatic rings. The summed E-state index contributed by atoms with van der Waals surface area (Å²) in [7, 11) is 0. The normalized spacial score (nSPS) is 11.9. The molecule has 0 fully saturated rings. The molecule has 0 aliphatic heterocycles. The zero-order valence-corrected chi connectivity index (χ0v) is 16.1. The molecule has 1 unspecified atom stereocenters. The number of tetrazole rings is 1. The zero-order chi connectivity index (χ0) is 18.4. The molecule has 134 valence electrons. The van der Waals surface area contributed by atoms with Gasteiger partial charge in [0.25, 0.3) is 0 Å². The van der Waals surface area contributed by atoms with Crippen molar-refractivity contribution in [2.45, 2.75) is 32.4 Å². The van der Waals surface area contributed by atoms with Crippen molar-refractivity contribution < 1.29 is 4.79 Å². The van der Waals surface area contributed by atoms with Crippen LogP contribution in [0.4, 0.5) is 0 Å². The maximum atomic E-state index is 12.2. The van der Waals surface area contributed by atoms with Gasteiger partial charge in [-0.1, -0.05) is 46.3 Å². The molecule has 26 heavy (non-hydrogen) atoms. The van der Waals surface area contributed by atoms with Gasteiger partial charge in [0.1, 0.15) is 6.54 Å². The number of carbonyl (C=O) groups excluding carboxylic acids is 1. The van der Waals surface area contributed by atoms with Gasteiger partial charge < -0.3 is 5.32 Å². The average Bonchev–Trinajstić information content (AvgIpc) is 3.09. The Morgan fingerprint density at radius 1 is 1.15 bits per heavy atom. The second kappa shape index (κ2) is 8.71. The van der Waals surface area contributed by atoms with Crippen molar-refractivity contribution in [3.8, 4) is 11.4 Å². The molecule has 6 nitrogen and oxygen atoms in total. The number of aryl methyl sites for hydroxylation is 1. The third-order valence-electron chi connectivity index (χ3n) is 3.96. The second-order valence-electron chi connectivity index (χ2n) is 6.14. The van der Waals surface area contributed by atoms with Gasteiger partial charge in [0.15, 0.2) is 0 Å². The molecule has 0 spiro atoms. The van der Waals surface area contributed by atoms with Crippen LogP contribution in [0, 0.1) is 0 Å². The number of nitrogens with zero attached hydrogens (tertiary/aromatic N) is 4. The summed E-state index contributed by atoms with van der Waals surface area (Å²) >= 11 is 3.39. The molecule has 0 saturated carbocycles. The van der Waals surface area contributed by atoms with Crippen LogP contribution in [0.3, 0.4) is 0 Å². The zero-order valence-electron chi connectivity index (χ0n) is 14.5. The van der Waals surface area contributed by atoms with Crippen molar-refractivity contribution >= 4 is 21.8 Å². The van der Waals surface area contributed by atoms with Gasteiger partial charge >= 0.3 is 0 Å². The summed E-state index contributed by atoms with van der Waals surface area (Å²) in [5.41, 5.74) is 2.13. The van der Waals surface area contributed by atoms with Crippen molar-refractivity contribution in [2.75, 3.05) is 0 Å². The molecule has 1 aromatic heterocycles. The van der Waals surface area contributed by atoms with Crippen LogP contribution in [-0.4, -0.2) is 32.2 Å². The fourth-order valence-corrected chi connectivity index (χ4v) is 2.84. The van der Waals surface area contributed by atoms with E-state index < -0.39 is 0 Å². The summed E-state index contributed by atoms with van der Waals surface area (Å²) in [4.78, 5) is 13.5. The molecular formula is C19H20BrN5O. The van der Waals surface area contributed by atoms with Crippen molar-refractivity contribution in [3.05, 3.63) is 64.6 Å². The predicted octanol–water partition coefficient (Wildman–Crippen LogP) is 3.24. The highest BCUT2D eigenvalue weighted by Crippen LogP contribution is 2.17. The fraction of sp³-hybridized carbons (Fsp3) is 0.263. The number of carbonyl (C=O) groups is 1. The Balaban J connectivity index is 1.49. The molecule has 1 atom stereocenters. The van der Waals surface area contributed by atoms with Crippen LogP contribution in [0.2, 0.25) is 0 Å². The number of hydrogen-bond donors (Lipinski definition) is 1. The highest BCUT2D eigenvalue weighted by atomic mass is 79.9. The number of halogens is 1. The molecule has 0 aliphatic carbocycles. The van der Waals surface area contributed by atoms with Gasteiger partial charge in [-0.2, -0.15) is 4.80 Å². The van der Waals surface area contributed by atoms with Crippen LogP contribution in [-0.2, 0) is 17.8 Å². The Morgan fingerprint density at radius 2 is 1.88 bits per heavy atom. The lowest BCUT2D eigenvalue weighted by Gasteiger charge is -2.13. The van der Waals surface area contributed by atoms with E-state index in [1.807, 2.05) is 49.4 Å². The Bertz CT molecular complexity index is 848. The standard InChI is InChI=1S/C19H20BrN5O/c1-14(7-8-15-5-3-2-4-6-15)21-18(26)13-25-23-19(22-24-25)16-9-11-17(20)12-10-16/h2-6,9-12,14H,7-8,13H2,1H3,(H,21,26). The smallest absolute Gasteiger partial charge is 0.243 e. The van der Waals surface area contributed by atoms with Crippen molar-refractivity contribution in [3.63, 3.8) is 0 Å². The minimum Gasteiger partial charge on any atom is -0.352 e. The summed E-state index contributed by atoms with van der Waals surface area (Å²) in [6.07, 6.45) is 1.81. The SMILES string of the molecule is CC(CCc1ccccc1)NC(=O)Cn1nnc(-c2ccc(Br)cc2)n1. The predicted molar refractivity (Wildman–Crippen MR) is 103 cm³/mol. The Morgan fingerprint density at radius 3 is 2.62 bits per heavy atom. The maximum absolute atomic E-state index is 12.2. The maximum Gasteiger partial charge on any atom is 0.243 e. The third-order valence-corrected chi connectivity index (χ3v) is 4.49. The number of rotatable bonds is 7. The first kappa shape index (κ1) is 18.3. The van der Waals surface area contributed by atoms with Gasteiger partial charge in [-0.05, 0) is 54.8 Å². The minimum absolute atomic E-state index is 0.0548. The van der Waals surface area contributed by atoms with Crippen LogP contribution in [0.1, 0.15) is 18.9 Å². The monoisotopic (exact) mass is 413 g/mol. The van der Waals surface area contributed by atoms with Gasteiger partial charge in [-0.25, -0.2) is 0 Å². The number of amides is 1. The van der Waals surface area contributed by atoms with E-state index in [2.05, 4.69) is 48.8 Å².